The van der Waals surface area contributed by atoms with Crippen molar-refractivity contribution >= 4 is 11.8 Å². The Labute approximate surface area is 121 Å². The summed E-state index contributed by atoms with van der Waals surface area (Å²) in [5.74, 6) is 1.68. The van der Waals surface area contributed by atoms with Gasteiger partial charge >= 0.3 is 0 Å². The van der Waals surface area contributed by atoms with E-state index in [1.165, 1.54) is 41.9 Å². The lowest BCUT2D eigenvalue weighted by atomic mass is 9.75. The van der Waals surface area contributed by atoms with Gasteiger partial charge in [0.2, 0.25) is 5.91 Å². The van der Waals surface area contributed by atoms with Gasteiger partial charge in [-0.05, 0) is 25.2 Å². The predicted molar refractivity (Wildman–Crippen MR) is 77.3 cm³/mol. The normalized spacial score (nSPS) is 29.4. The minimum absolute atomic E-state index is 0.00413. The van der Waals surface area contributed by atoms with Crippen LogP contribution in [0.2, 0.25) is 0 Å². The second kappa shape index (κ2) is 7.07. The van der Waals surface area contributed by atoms with E-state index in [-0.39, 0.29) is 18.4 Å². The van der Waals surface area contributed by atoms with Crippen LogP contribution in [0.15, 0.2) is 0 Å². The summed E-state index contributed by atoms with van der Waals surface area (Å²) >= 11 is 0. The number of nitrogens with zero attached hydrogens (tertiary/aromatic N) is 1. The molecule has 0 bridgehead atoms. The molecule has 2 N–H and O–H groups in total. The first kappa shape index (κ1) is 15.3. The van der Waals surface area contributed by atoms with Crippen molar-refractivity contribution in [3.8, 4) is 0 Å². The van der Waals surface area contributed by atoms with Gasteiger partial charge in [0.25, 0.3) is 5.91 Å². The highest BCUT2D eigenvalue weighted by Gasteiger charge is 2.34. The Kier molecular flexibility index (Phi) is 5.40. The number of hydrogen-bond donors (Lipinski definition) is 2. The Morgan fingerprint density at radius 2 is 1.85 bits per heavy atom. The summed E-state index contributed by atoms with van der Waals surface area (Å²) in [5.41, 5.74) is 0. The minimum Gasteiger partial charge on any atom is -0.347 e. The van der Waals surface area contributed by atoms with Crippen molar-refractivity contribution in [2.24, 2.45) is 11.8 Å². The molecule has 20 heavy (non-hydrogen) atoms. The van der Waals surface area contributed by atoms with Crippen molar-refractivity contribution in [2.45, 2.75) is 32.1 Å². The second-order valence-electron chi connectivity index (χ2n) is 6.54. The third kappa shape index (κ3) is 4.20. The number of fused-ring (bicyclic) bond motifs is 1. The molecule has 2 fully saturated rings. The van der Waals surface area contributed by atoms with Gasteiger partial charge in [-0.1, -0.05) is 12.8 Å². The molecule has 0 aromatic heterocycles. The Morgan fingerprint density at radius 1 is 1.15 bits per heavy atom. The van der Waals surface area contributed by atoms with E-state index in [0.29, 0.717) is 6.54 Å². The maximum absolute atomic E-state index is 11.9. The number of likely N-dealkylation sites (N-methyl/N-ethyl adjacent to an activating group) is 1. The molecule has 2 amide bonds. The molecular formula is C15H28N3O2+. The van der Waals surface area contributed by atoms with Crippen LogP contribution in [-0.4, -0.2) is 57.0 Å². The van der Waals surface area contributed by atoms with Crippen molar-refractivity contribution < 1.29 is 14.5 Å². The first-order valence-electron chi connectivity index (χ1n) is 7.86. The molecule has 3 atom stereocenters. The average Bonchev–Trinajstić information content (AvgIpc) is 2.44. The van der Waals surface area contributed by atoms with Gasteiger partial charge < -0.3 is 15.1 Å². The predicted octanol–water partition coefficient (Wildman–Crippen LogP) is -0.714. The van der Waals surface area contributed by atoms with E-state index in [1.807, 2.05) is 0 Å². The summed E-state index contributed by atoms with van der Waals surface area (Å²) in [7, 11) is 3.40. The van der Waals surface area contributed by atoms with Gasteiger partial charge in [0.1, 0.15) is 0 Å². The average molecular weight is 282 g/mol. The Hall–Kier alpha value is -1.10. The molecule has 1 saturated heterocycles. The van der Waals surface area contributed by atoms with Crippen LogP contribution in [0.5, 0.6) is 0 Å². The Balaban J connectivity index is 1.70. The zero-order valence-corrected chi connectivity index (χ0v) is 12.8. The fourth-order valence-electron chi connectivity index (χ4n) is 3.58. The van der Waals surface area contributed by atoms with Crippen LogP contribution in [0, 0.1) is 11.8 Å². The number of carbonyl (C=O) groups excluding carboxylic acids is 2. The highest BCUT2D eigenvalue weighted by molar-refractivity contribution is 5.84. The smallest absolute Gasteiger partial charge is 0.275 e. The summed E-state index contributed by atoms with van der Waals surface area (Å²) < 4.78 is 0. The molecule has 0 radical (unpaired) electrons. The van der Waals surface area contributed by atoms with Gasteiger partial charge in [-0.25, -0.2) is 0 Å². The number of amides is 2. The third-order valence-electron chi connectivity index (χ3n) is 4.83. The third-order valence-corrected chi connectivity index (χ3v) is 4.83. The van der Waals surface area contributed by atoms with E-state index in [2.05, 4.69) is 5.32 Å². The van der Waals surface area contributed by atoms with Crippen LogP contribution >= 0.6 is 0 Å². The van der Waals surface area contributed by atoms with Crippen LogP contribution in [0.25, 0.3) is 0 Å². The van der Waals surface area contributed by atoms with E-state index >= 15 is 0 Å². The van der Waals surface area contributed by atoms with Gasteiger partial charge in [0.05, 0.1) is 19.6 Å². The van der Waals surface area contributed by atoms with Gasteiger partial charge in [-0.2, -0.15) is 0 Å². The number of hydrogen-bond acceptors (Lipinski definition) is 2. The maximum Gasteiger partial charge on any atom is 0.275 e. The van der Waals surface area contributed by atoms with Gasteiger partial charge in [0, 0.05) is 20.0 Å². The molecule has 2 aliphatic rings. The van der Waals surface area contributed by atoms with Crippen LogP contribution in [0.4, 0.5) is 0 Å². The molecular weight excluding hydrogens is 254 g/mol. The number of rotatable bonds is 4. The van der Waals surface area contributed by atoms with Crippen molar-refractivity contribution in [1.82, 2.24) is 10.2 Å². The summed E-state index contributed by atoms with van der Waals surface area (Å²) in [4.78, 5) is 26.2. The summed E-state index contributed by atoms with van der Waals surface area (Å²) in [5, 5.41) is 2.73. The number of carbonyl (C=O) groups is 2. The van der Waals surface area contributed by atoms with E-state index < -0.39 is 0 Å². The molecule has 114 valence electrons. The first-order chi connectivity index (χ1) is 9.56. The van der Waals surface area contributed by atoms with Gasteiger partial charge in [-0.3, -0.25) is 9.59 Å². The van der Waals surface area contributed by atoms with Crippen LogP contribution in [0.3, 0.4) is 0 Å². The van der Waals surface area contributed by atoms with Crippen molar-refractivity contribution in [2.75, 3.05) is 40.3 Å². The molecule has 0 aromatic carbocycles. The zero-order chi connectivity index (χ0) is 14.5. The molecule has 2 rings (SSSR count). The molecule has 5 nitrogen and oxygen atoms in total. The van der Waals surface area contributed by atoms with Crippen molar-refractivity contribution in [3.05, 3.63) is 0 Å². The van der Waals surface area contributed by atoms with E-state index in [1.54, 1.807) is 14.1 Å². The second-order valence-corrected chi connectivity index (χ2v) is 6.54. The van der Waals surface area contributed by atoms with Gasteiger partial charge in [0.15, 0.2) is 6.54 Å². The number of likely N-dealkylation sites (tertiary alicyclic amines) is 1. The van der Waals surface area contributed by atoms with Crippen molar-refractivity contribution in [3.63, 3.8) is 0 Å². The summed E-state index contributed by atoms with van der Waals surface area (Å²) in [6, 6.07) is 0. The van der Waals surface area contributed by atoms with Crippen molar-refractivity contribution in [1.29, 1.82) is 0 Å². The van der Waals surface area contributed by atoms with Gasteiger partial charge in [-0.15, -0.1) is 0 Å². The molecule has 1 heterocycles. The lowest BCUT2D eigenvalue weighted by Gasteiger charge is -2.38. The van der Waals surface area contributed by atoms with E-state index in [9.17, 15) is 9.59 Å². The maximum atomic E-state index is 11.9. The highest BCUT2D eigenvalue weighted by atomic mass is 16.2. The quantitative estimate of drug-likeness (QED) is 0.715. The molecule has 1 aliphatic heterocycles. The molecule has 5 heteroatoms. The zero-order valence-electron chi connectivity index (χ0n) is 12.8. The molecule has 1 aliphatic carbocycles. The van der Waals surface area contributed by atoms with Crippen LogP contribution < -0.4 is 10.2 Å². The highest BCUT2D eigenvalue weighted by Crippen LogP contribution is 2.32. The molecule has 1 unspecified atom stereocenters. The van der Waals surface area contributed by atoms with Crippen LogP contribution in [-0.2, 0) is 9.59 Å². The monoisotopic (exact) mass is 282 g/mol. The summed E-state index contributed by atoms with van der Waals surface area (Å²) in [6.45, 7) is 2.88. The molecule has 0 aromatic rings. The Morgan fingerprint density at radius 3 is 2.55 bits per heavy atom. The lowest BCUT2D eigenvalue weighted by Crippen LogP contribution is -3.15. The largest absolute Gasteiger partial charge is 0.347 e. The molecule has 0 spiro atoms. The standard InChI is InChI=1S/C15H27N3O2/c1-17(2)15(20)9-16-14(19)11-18-8-7-12-5-3-4-6-13(12)10-18/h12-13H,3-11H2,1-2H3,(H,16,19)/p+1/t12-,13+/m0/s1. The topological polar surface area (TPSA) is 53.9 Å². The lowest BCUT2D eigenvalue weighted by molar-refractivity contribution is -0.902. The SMILES string of the molecule is CN(C)C(=O)CNC(=O)C[NH+]1CC[C@@H]2CCCC[C@@H]2C1. The van der Waals surface area contributed by atoms with Crippen LogP contribution in [0.1, 0.15) is 32.1 Å². The Bertz CT molecular complexity index is 357. The summed E-state index contributed by atoms with van der Waals surface area (Å²) in [6.07, 6.45) is 6.75. The molecule has 1 saturated carbocycles. The van der Waals surface area contributed by atoms with E-state index in [0.717, 1.165) is 24.9 Å². The fraction of sp³-hybridized carbons (Fsp3) is 0.867. The van der Waals surface area contributed by atoms with E-state index in [4.69, 9.17) is 0 Å². The first-order valence-corrected chi connectivity index (χ1v) is 7.86. The number of quaternary nitrogens is 1. The fourth-order valence-corrected chi connectivity index (χ4v) is 3.58. The number of piperidine rings is 1. The number of nitrogens with one attached hydrogen (secondary N) is 2. The minimum atomic E-state index is -0.0562.